The Morgan fingerprint density at radius 2 is 1.50 bits per heavy atom. The molecule has 0 radical (unpaired) electrons. The van der Waals surface area contributed by atoms with Crippen LogP contribution in [0.3, 0.4) is 0 Å². The molecule has 1 fully saturated rings. The van der Waals surface area contributed by atoms with Crippen molar-refractivity contribution >= 4 is 48.9 Å². The van der Waals surface area contributed by atoms with Gasteiger partial charge in [0, 0.05) is 35.9 Å². The van der Waals surface area contributed by atoms with Crippen molar-refractivity contribution in [2.24, 2.45) is 0 Å². The molecular formula is C25H28N6OS2. The van der Waals surface area contributed by atoms with Gasteiger partial charge in [-0.3, -0.25) is 9.69 Å². The second kappa shape index (κ2) is 8.39. The number of fused-ring (bicyclic) bond motifs is 6. The lowest BCUT2D eigenvalue weighted by molar-refractivity contribution is 0.244. The largest absolute Gasteiger partial charge is 0.353 e. The van der Waals surface area contributed by atoms with Crippen LogP contribution in [0.2, 0.25) is 0 Å². The number of aromatic nitrogens is 4. The molecular weight excluding hydrogens is 464 g/mol. The van der Waals surface area contributed by atoms with Crippen LogP contribution in [0, 0.1) is 0 Å². The minimum Gasteiger partial charge on any atom is -0.353 e. The van der Waals surface area contributed by atoms with Crippen LogP contribution in [0.4, 0.5) is 5.82 Å². The Bertz CT molecular complexity index is 1450. The van der Waals surface area contributed by atoms with E-state index in [1.807, 2.05) is 11.3 Å². The van der Waals surface area contributed by atoms with E-state index in [9.17, 15) is 4.79 Å². The molecule has 2 aliphatic carbocycles. The molecule has 7 rings (SSSR count). The Labute approximate surface area is 205 Å². The molecule has 7 nitrogen and oxygen atoms in total. The maximum atomic E-state index is 12.9. The maximum absolute atomic E-state index is 12.9. The molecule has 1 aliphatic heterocycles. The van der Waals surface area contributed by atoms with Gasteiger partial charge in [-0.05, 0) is 62.5 Å². The van der Waals surface area contributed by atoms with E-state index in [1.165, 1.54) is 58.4 Å². The Balaban J connectivity index is 1.10. The second-order valence-electron chi connectivity index (χ2n) is 9.76. The first-order chi connectivity index (χ1) is 16.7. The van der Waals surface area contributed by atoms with Crippen molar-refractivity contribution in [1.29, 1.82) is 0 Å². The lowest BCUT2D eigenvalue weighted by atomic mass is 9.97. The molecule has 176 valence electrons. The van der Waals surface area contributed by atoms with E-state index in [0.29, 0.717) is 6.54 Å². The molecule has 0 aromatic carbocycles. The van der Waals surface area contributed by atoms with E-state index in [-0.39, 0.29) is 5.56 Å². The fourth-order valence-electron chi connectivity index (χ4n) is 5.93. The van der Waals surface area contributed by atoms with Crippen LogP contribution >= 0.6 is 22.7 Å². The van der Waals surface area contributed by atoms with Gasteiger partial charge >= 0.3 is 0 Å². The second-order valence-corrected chi connectivity index (χ2v) is 11.9. The number of hydrogen-bond donors (Lipinski definition) is 1. The van der Waals surface area contributed by atoms with Crippen molar-refractivity contribution in [2.75, 3.05) is 31.1 Å². The lowest BCUT2D eigenvalue weighted by Crippen LogP contribution is -2.46. The molecule has 0 atom stereocenters. The first-order valence-corrected chi connectivity index (χ1v) is 14.1. The SMILES string of the molecule is O=c1[nH]c(CN2CCN(c3ncnc4sc5c(c34)CCCC5)CC2)nc2sc3c(c12)CCCC3. The van der Waals surface area contributed by atoms with Gasteiger partial charge in [-0.2, -0.15) is 0 Å². The fraction of sp³-hybridized carbons (Fsp3) is 0.520. The zero-order chi connectivity index (χ0) is 22.6. The van der Waals surface area contributed by atoms with E-state index in [1.54, 1.807) is 17.7 Å². The predicted molar refractivity (Wildman–Crippen MR) is 138 cm³/mol. The predicted octanol–water partition coefficient (Wildman–Crippen LogP) is 4.07. The summed E-state index contributed by atoms with van der Waals surface area (Å²) in [7, 11) is 0. The van der Waals surface area contributed by atoms with E-state index in [0.717, 1.165) is 72.1 Å². The van der Waals surface area contributed by atoms with Crippen LogP contribution in [0.5, 0.6) is 0 Å². The van der Waals surface area contributed by atoms with Crippen molar-refractivity contribution in [1.82, 2.24) is 24.8 Å². The molecule has 1 saturated heterocycles. The first kappa shape index (κ1) is 21.0. The standard InChI is InChI=1S/C25H28N6OS2/c32-23-21-16-6-2-4-8-18(16)34-25(21)29-19(28-23)13-30-9-11-31(12-10-30)22-20-15-5-1-3-7-17(15)33-24(20)27-14-26-22/h14H,1-13H2,(H,28,29,32). The van der Waals surface area contributed by atoms with Crippen molar-refractivity contribution in [3.63, 3.8) is 0 Å². The Morgan fingerprint density at radius 1 is 0.824 bits per heavy atom. The number of thiophene rings is 2. The summed E-state index contributed by atoms with van der Waals surface area (Å²) in [6, 6.07) is 0. The summed E-state index contributed by atoms with van der Waals surface area (Å²) in [4.78, 5) is 40.0. The summed E-state index contributed by atoms with van der Waals surface area (Å²) in [5.41, 5.74) is 2.80. The monoisotopic (exact) mass is 492 g/mol. The van der Waals surface area contributed by atoms with Gasteiger partial charge in [-0.1, -0.05) is 0 Å². The van der Waals surface area contributed by atoms with Crippen LogP contribution in [0.15, 0.2) is 11.1 Å². The molecule has 0 amide bonds. The highest BCUT2D eigenvalue weighted by atomic mass is 32.1. The van der Waals surface area contributed by atoms with Crippen LogP contribution < -0.4 is 10.5 Å². The summed E-state index contributed by atoms with van der Waals surface area (Å²) in [6.45, 7) is 4.41. The molecule has 1 N–H and O–H groups in total. The Hall–Kier alpha value is -2.36. The topological polar surface area (TPSA) is 78.0 Å². The first-order valence-electron chi connectivity index (χ1n) is 12.5. The third-order valence-electron chi connectivity index (χ3n) is 7.65. The van der Waals surface area contributed by atoms with Crippen molar-refractivity contribution < 1.29 is 0 Å². The van der Waals surface area contributed by atoms with Gasteiger partial charge in [-0.15, -0.1) is 22.7 Å². The van der Waals surface area contributed by atoms with Gasteiger partial charge in [-0.25, -0.2) is 15.0 Å². The number of piperazine rings is 1. The highest BCUT2D eigenvalue weighted by Gasteiger charge is 2.26. The van der Waals surface area contributed by atoms with E-state index < -0.39 is 0 Å². The number of nitrogens with zero attached hydrogens (tertiary/aromatic N) is 5. The molecule has 34 heavy (non-hydrogen) atoms. The van der Waals surface area contributed by atoms with Gasteiger partial charge in [0.15, 0.2) is 0 Å². The molecule has 0 spiro atoms. The molecule has 3 aliphatic rings. The summed E-state index contributed by atoms with van der Waals surface area (Å²) < 4.78 is 0. The van der Waals surface area contributed by atoms with E-state index in [4.69, 9.17) is 9.97 Å². The van der Waals surface area contributed by atoms with Crippen LogP contribution in [0.25, 0.3) is 20.4 Å². The quantitative estimate of drug-likeness (QED) is 0.465. The molecule has 0 unspecified atom stereocenters. The zero-order valence-corrected chi connectivity index (χ0v) is 20.9. The minimum absolute atomic E-state index is 0.0450. The number of rotatable bonds is 3. The van der Waals surface area contributed by atoms with Crippen molar-refractivity contribution in [2.45, 2.75) is 57.9 Å². The van der Waals surface area contributed by atoms with Crippen molar-refractivity contribution in [3.8, 4) is 0 Å². The van der Waals surface area contributed by atoms with Crippen LogP contribution in [0.1, 0.15) is 52.4 Å². The highest BCUT2D eigenvalue weighted by molar-refractivity contribution is 7.19. The number of aryl methyl sites for hydroxylation is 4. The van der Waals surface area contributed by atoms with E-state index >= 15 is 0 Å². The molecule has 9 heteroatoms. The molecule has 5 heterocycles. The summed E-state index contributed by atoms with van der Waals surface area (Å²) in [5, 5.41) is 2.15. The normalized spacial score (nSPS) is 19.0. The average molecular weight is 493 g/mol. The molecule has 4 aromatic heterocycles. The van der Waals surface area contributed by atoms with Crippen molar-refractivity contribution in [3.05, 3.63) is 43.4 Å². The van der Waals surface area contributed by atoms with Crippen LogP contribution in [-0.2, 0) is 32.2 Å². The van der Waals surface area contributed by atoms with Gasteiger partial charge < -0.3 is 9.88 Å². The Morgan fingerprint density at radius 3 is 2.26 bits per heavy atom. The average Bonchev–Trinajstić information content (AvgIpc) is 3.43. The fourth-order valence-corrected chi connectivity index (χ4v) is 8.43. The number of aromatic amines is 1. The Kier molecular flexibility index (Phi) is 5.17. The van der Waals surface area contributed by atoms with Gasteiger partial charge in [0.05, 0.1) is 17.3 Å². The molecule has 0 saturated carbocycles. The lowest BCUT2D eigenvalue weighted by Gasteiger charge is -2.35. The van der Waals surface area contributed by atoms with Gasteiger partial charge in [0.1, 0.15) is 27.6 Å². The summed E-state index contributed by atoms with van der Waals surface area (Å²) in [6.07, 6.45) is 11.1. The van der Waals surface area contributed by atoms with E-state index in [2.05, 4.69) is 19.8 Å². The third-order valence-corrected chi connectivity index (χ3v) is 10.0. The highest BCUT2D eigenvalue weighted by Crippen LogP contribution is 2.39. The molecule has 4 aromatic rings. The smallest absolute Gasteiger partial charge is 0.259 e. The number of H-pyrrole nitrogens is 1. The minimum atomic E-state index is 0.0450. The number of anilines is 1. The third kappa shape index (κ3) is 3.48. The maximum Gasteiger partial charge on any atom is 0.259 e. The van der Waals surface area contributed by atoms with Crippen LogP contribution in [-0.4, -0.2) is 51.0 Å². The molecule has 0 bridgehead atoms. The van der Waals surface area contributed by atoms with Gasteiger partial charge in [0.25, 0.3) is 5.56 Å². The zero-order valence-electron chi connectivity index (χ0n) is 19.2. The number of hydrogen-bond acceptors (Lipinski definition) is 8. The summed E-state index contributed by atoms with van der Waals surface area (Å²) >= 11 is 3.59. The number of nitrogens with one attached hydrogen (secondary N) is 1. The summed E-state index contributed by atoms with van der Waals surface area (Å²) in [5.74, 6) is 1.90. The van der Waals surface area contributed by atoms with Gasteiger partial charge in [0.2, 0.25) is 0 Å².